The number of carbonyl (C=O) groups is 1. The molecule has 0 aliphatic carbocycles. The Kier molecular flexibility index (Phi) is 5.66. The average molecular weight is 338 g/mol. The molecule has 2 amide bonds. The van der Waals surface area contributed by atoms with Crippen molar-refractivity contribution in [3.05, 3.63) is 65.5 Å². The highest BCUT2D eigenvalue weighted by atomic mass is 16.2. The number of nitrogens with zero attached hydrogens (tertiary/aromatic N) is 2. The fraction of sp³-hybridized carbons (Fsp3) is 0.400. The molecule has 0 bridgehead atoms. The van der Waals surface area contributed by atoms with E-state index in [1.165, 1.54) is 11.1 Å². The number of pyridine rings is 1. The first-order valence-corrected chi connectivity index (χ1v) is 8.89. The molecule has 5 nitrogen and oxygen atoms in total. The first-order chi connectivity index (χ1) is 12.1. The van der Waals surface area contributed by atoms with Gasteiger partial charge in [0.25, 0.3) is 0 Å². The van der Waals surface area contributed by atoms with Gasteiger partial charge in [-0.25, -0.2) is 4.79 Å². The molecular formula is C20H26N4O. The Morgan fingerprint density at radius 3 is 2.68 bits per heavy atom. The number of hydrogen-bond acceptors (Lipinski definition) is 3. The van der Waals surface area contributed by atoms with E-state index in [-0.39, 0.29) is 12.1 Å². The molecule has 0 saturated carbocycles. The van der Waals surface area contributed by atoms with E-state index in [0.29, 0.717) is 12.6 Å². The third-order valence-electron chi connectivity index (χ3n) is 4.82. The van der Waals surface area contributed by atoms with Crippen LogP contribution in [0.4, 0.5) is 4.79 Å². The molecule has 0 saturated heterocycles. The highest BCUT2D eigenvalue weighted by Crippen LogP contribution is 2.19. The summed E-state index contributed by atoms with van der Waals surface area (Å²) in [5, 5.41) is 5.92. The number of hydrogen-bond donors (Lipinski definition) is 2. The summed E-state index contributed by atoms with van der Waals surface area (Å²) in [6.45, 7) is 6.71. The molecule has 0 fully saturated rings. The van der Waals surface area contributed by atoms with Crippen LogP contribution in [0.3, 0.4) is 0 Å². The van der Waals surface area contributed by atoms with Crippen molar-refractivity contribution >= 4 is 6.03 Å². The number of benzene rings is 1. The molecule has 2 heterocycles. The van der Waals surface area contributed by atoms with Crippen molar-refractivity contribution in [2.75, 3.05) is 13.1 Å². The zero-order valence-corrected chi connectivity index (χ0v) is 14.9. The number of fused-ring (bicyclic) bond motifs is 1. The molecule has 0 spiro atoms. The van der Waals surface area contributed by atoms with Gasteiger partial charge < -0.3 is 10.6 Å². The van der Waals surface area contributed by atoms with Crippen LogP contribution in [0, 0.1) is 0 Å². The van der Waals surface area contributed by atoms with Crippen LogP contribution < -0.4 is 10.6 Å². The third kappa shape index (κ3) is 4.57. The second-order valence-corrected chi connectivity index (χ2v) is 6.67. The largest absolute Gasteiger partial charge is 0.337 e. The van der Waals surface area contributed by atoms with Crippen molar-refractivity contribution in [2.45, 2.75) is 38.9 Å². The van der Waals surface area contributed by atoms with Crippen molar-refractivity contribution in [3.63, 3.8) is 0 Å². The van der Waals surface area contributed by atoms with Gasteiger partial charge >= 0.3 is 6.03 Å². The lowest BCUT2D eigenvalue weighted by molar-refractivity contribution is 0.184. The summed E-state index contributed by atoms with van der Waals surface area (Å²) >= 11 is 0. The van der Waals surface area contributed by atoms with Crippen LogP contribution in [0.15, 0.2) is 48.7 Å². The molecule has 1 aliphatic heterocycles. The monoisotopic (exact) mass is 338 g/mol. The summed E-state index contributed by atoms with van der Waals surface area (Å²) in [4.78, 5) is 18.8. The van der Waals surface area contributed by atoms with Crippen molar-refractivity contribution in [1.82, 2.24) is 20.5 Å². The molecule has 1 aromatic carbocycles. The number of urea groups is 1. The van der Waals surface area contributed by atoms with Crippen molar-refractivity contribution in [3.8, 4) is 0 Å². The summed E-state index contributed by atoms with van der Waals surface area (Å²) in [7, 11) is 0. The topological polar surface area (TPSA) is 57.3 Å². The SMILES string of the molecule is C[C@H](CNC(=O)N[C@H](C)c1ccccn1)N1CCc2ccccc2C1. The zero-order chi connectivity index (χ0) is 17.6. The summed E-state index contributed by atoms with van der Waals surface area (Å²) in [5.41, 5.74) is 3.70. The van der Waals surface area contributed by atoms with Crippen LogP contribution >= 0.6 is 0 Å². The summed E-state index contributed by atoms with van der Waals surface area (Å²) in [6.07, 6.45) is 2.81. The Hall–Kier alpha value is -2.40. The molecule has 25 heavy (non-hydrogen) atoms. The predicted octanol–water partition coefficient (Wildman–Crippen LogP) is 2.89. The minimum atomic E-state index is -0.151. The fourth-order valence-electron chi connectivity index (χ4n) is 3.22. The van der Waals surface area contributed by atoms with Gasteiger partial charge in [0.1, 0.15) is 0 Å². The van der Waals surface area contributed by atoms with Crippen molar-refractivity contribution < 1.29 is 4.79 Å². The lowest BCUT2D eigenvalue weighted by Gasteiger charge is -2.33. The molecule has 1 aliphatic rings. The first kappa shape index (κ1) is 17.4. The molecule has 2 atom stereocenters. The summed E-state index contributed by atoms with van der Waals surface area (Å²) < 4.78 is 0. The van der Waals surface area contributed by atoms with Gasteiger partial charge in [-0.3, -0.25) is 9.88 Å². The van der Waals surface area contributed by atoms with Crippen LogP contribution in [-0.4, -0.2) is 35.0 Å². The van der Waals surface area contributed by atoms with E-state index in [2.05, 4.69) is 51.7 Å². The maximum absolute atomic E-state index is 12.1. The molecule has 2 N–H and O–H groups in total. The van der Waals surface area contributed by atoms with E-state index >= 15 is 0 Å². The summed E-state index contributed by atoms with van der Waals surface area (Å²) in [6, 6.07) is 14.3. The minimum absolute atomic E-state index is 0.113. The second-order valence-electron chi connectivity index (χ2n) is 6.67. The lowest BCUT2D eigenvalue weighted by Crippen LogP contribution is -2.47. The van der Waals surface area contributed by atoms with Gasteiger partial charge in [-0.15, -0.1) is 0 Å². The van der Waals surface area contributed by atoms with Crippen LogP contribution in [-0.2, 0) is 13.0 Å². The van der Waals surface area contributed by atoms with Gasteiger partial charge in [-0.1, -0.05) is 30.3 Å². The average Bonchev–Trinajstić information content (AvgIpc) is 2.66. The standard InChI is InChI=1S/C20H26N4O/c1-15(24-12-10-17-7-3-4-8-18(17)14-24)13-22-20(25)23-16(2)19-9-5-6-11-21-19/h3-9,11,15-16H,10,12-14H2,1-2H3,(H2,22,23,25)/t15-,16-/m1/s1. The third-order valence-corrected chi connectivity index (χ3v) is 4.82. The molecular weight excluding hydrogens is 312 g/mol. The first-order valence-electron chi connectivity index (χ1n) is 8.89. The molecule has 3 rings (SSSR count). The molecule has 2 aromatic rings. The molecule has 132 valence electrons. The van der Waals surface area contributed by atoms with E-state index in [1.807, 2.05) is 25.1 Å². The highest BCUT2D eigenvalue weighted by Gasteiger charge is 2.21. The van der Waals surface area contributed by atoms with E-state index < -0.39 is 0 Å². The smallest absolute Gasteiger partial charge is 0.315 e. The quantitative estimate of drug-likeness (QED) is 0.881. The van der Waals surface area contributed by atoms with Crippen molar-refractivity contribution in [1.29, 1.82) is 0 Å². The number of nitrogens with one attached hydrogen (secondary N) is 2. The molecule has 1 aromatic heterocycles. The fourth-order valence-corrected chi connectivity index (χ4v) is 3.22. The van der Waals surface area contributed by atoms with Gasteiger partial charge in [-0.05, 0) is 43.5 Å². The van der Waals surface area contributed by atoms with Crippen molar-refractivity contribution in [2.24, 2.45) is 0 Å². The molecule has 0 unspecified atom stereocenters. The van der Waals surface area contributed by atoms with E-state index in [1.54, 1.807) is 6.20 Å². The Bertz CT molecular complexity index is 704. The second kappa shape index (κ2) is 8.12. The van der Waals surface area contributed by atoms with E-state index in [4.69, 9.17) is 0 Å². The number of carbonyl (C=O) groups excluding carboxylic acids is 1. The Morgan fingerprint density at radius 1 is 1.16 bits per heavy atom. The Balaban J connectivity index is 1.46. The number of aromatic nitrogens is 1. The van der Waals surface area contributed by atoms with Crippen LogP contribution in [0.5, 0.6) is 0 Å². The molecule has 5 heteroatoms. The maximum Gasteiger partial charge on any atom is 0.315 e. The molecule has 0 radical (unpaired) electrons. The predicted molar refractivity (Wildman–Crippen MR) is 99.2 cm³/mol. The van der Waals surface area contributed by atoms with Crippen LogP contribution in [0.1, 0.15) is 36.7 Å². The van der Waals surface area contributed by atoms with E-state index in [0.717, 1.165) is 25.2 Å². The van der Waals surface area contributed by atoms with Gasteiger partial charge in [0, 0.05) is 31.9 Å². The van der Waals surface area contributed by atoms with Crippen LogP contribution in [0.25, 0.3) is 0 Å². The van der Waals surface area contributed by atoms with E-state index in [9.17, 15) is 4.79 Å². The summed E-state index contributed by atoms with van der Waals surface area (Å²) in [5.74, 6) is 0. The van der Waals surface area contributed by atoms with Gasteiger partial charge in [0.05, 0.1) is 11.7 Å². The minimum Gasteiger partial charge on any atom is -0.337 e. The number of rotatable bonds is 5. The Morgan fingerprint density at radius 2 is 1.92 bits per heavy atom. The Labute approximate surface area is 149 Å². The van der Waals surface area contributed by atoms with Gasteiger partial charge in [0.15, 0.2) is 0 Å². The lowest BCUT2D eigenvalue weighted by atomic mass is 9.99. The normalized spacial score (nSPS) is 16.6. The maximum atomic E-state index is 12.1. The zero-order valence-electron chi connectivity index (χ0n) is 14.9. The number of amides is 2. The van der Waals surface area contributed by atoms with Gasteiger partial charge in [0.2, 0.25) is 0 Å². The van der Waals surface area contributed by atoms with Gasteiger partial charge in [-0.2, -0.15) is 0 Å². The van der Waals surface area contributed by atoms with Crippen LogP contribution in [0.2, 0.25) is 0 Å². The highest BCUT2D eigenvalue weighted by molar-refractivity contribution is 5.74.